The first-order valence-electron chi connectivity index (χ1n) is 8.85. The van der Waals surface area contributed by atoms with E-state index in [1.165, 1.54) is 0 Å². The van der Waals surface area contributed by atoms with Crippen LogP contribution in [0.1, 0.15) is 51.3 Å². The van der Waals surface area contributed by atoms with Gasteiger partial charge >= 0.3 is 12.0 Å². The lowest BCUT2D eigenvalue weighted by atomic mass is 9.94. The summed E-state index contributed by atoms with van der Waals surface area (Å²) in [5, 5.41) is 11.9. The normalized spacial score (nSPS) is 17.2. The number of allylic oxidation sites excluding steroid dienone is 1. The summed E-state index contributed by atoms with van der Waals surface area (Å²) in [6, 6.07) is 8.08. The molecule has 2 rings (SSSR count). The Labute approximate surface area is 154 Å². The molecular formula is C20H25N3O3. The lowest BCUT2D eigenvalue weighted by Gasteiger charge is -2.35. The van der Waals surface area contributed by atoms with E-state index in [-0.39, 0.29) is 12.6 Å². The molecule has 138 valence electrons. The molecule has 0 fully saturated rings. The van der Waals surface area contributed by atoms with E-state index in [0.29, 0.717) is 29.3 Å². The number of ether oxygens (including phenoxy) is 1. The van der Waals surface area contributed by atoms with Gasteiger partial charge in [-0.3, -0.25) is 4.90 Å². The fourth-order valence-corrected chi connectivity index (χ4v) is 2.91. The van der Waals surface area contributed by atoms with Crippen molar-refractivity contribution in [3.8, 4) is 6.07 Å². The lowest BCUT2D eigenvalue weighted by Crippen LogP contribution is -2.48. The zero-order chi connectivity index (χ0) is 19.3. The van der Waals surface area contributed by atoms with E-state index in [1.807, 2.05) is 0 Å². The van der Waals surface area contributed by atoms with Crippen molar-refractivity contribution in [3.05, 3.63) is 46.7 Å². The third-order valence-electron chi connectivity index (χ3n) is 4.39. The highest BCUT2D eigenvalue weighted by Gasteiger charge is 2.36. The highest BCUT2D eigenvalue weighted by Crippen LogP contribution is 2.31. The number of rotatable bonds is 6. The molecule has 2 amide bonds. The molecule has 26 heavy (non-hydrogen) atoms. The quantitative estimate of drug-likeness (QED) is 0.792. The molecule has 1 heterocycles. The molecule has 0 bridgehead atoms. The molecule has 1 aromatic carbocycles. The van der Waals surface area contributed by atoms with Crippen LogP contribution in [0.5, 0.6) is 0 Å². The van der Waals surface area contributed by atoms with Crippen molar-refractivity contribution in [1.29, 1.82) is 5.26 Å². The summed E-state index contributed by atoms with van der Waals surface area (Å²) in [7, 11) is 0. The Morgan fingerprint density at radius 1 is 1.35 bits per heavy atom. The summed E-state index contributed by atoms with van der Waals surface area (Å²) in [6.45, 7) is 8.51. The Morgan fingerprint density at radius 3 is 2.54 bits per heavy atom. The largest absolute Gasteiger partial charge is 0.463 e. The minimum atomic E-state index is -0.593. The van der Waals surface area contributed by atoms with Gasteiger partial charge < -0.3 is 10.1 Å². The number of hydrogen-bond acceptors (Lipinski definition) is 4. The molecule has 0 aromatic heterocycles. The lowest BCUT2D eigenvalue weighted by molar-refractivity contribution is -0.139. The molecule has 0 aliphatic carbocycles. The van der Waals surface area contributed by atoms with E-state index in [9.17, 15) is 9.59 Å². The highest BCUT2D eigenvalue weighted by molar-refractivity contribution is 5.95. The first-order chi connectivity index (χ1) is 12.4. The Bertz CT molecular complexity index is 745. The number of nitriles is 1. The first-order valence-corrected chi connectivity index (χ1v) is 8.85. The second-order valence-corrected chi connectivity index (χ2v) is 6.67. The summed E-state index contributed by atoms with van der Waals surface area (Å²) >= 11 is 0. The number of carbonyl (C=O) groups excluding carboxylic acids is 2. The van der Waals surface area contributed by atoms with Crippen LogP contribution in [0.15, 0.2) is 35.5 Å². The van der Waals surface area contributed by atoms with Gasteiger partial charge in [-0.1, -0.05) is 26.0 Å². The number of urea groups is 1. The average Bonchev–Trinajstić information content (AvgIpc) is 2.61. The van der Waals surface area contributed by atoms with Gasteiger partial charge in [-0.2, -0.15) is 5.26 Å². The fourth-order valence-electron chi connectivity index (χ4n) is 2.91. The predicted octanol–water partition coefficient (Wildman–Crippen LogP) is 3.51. The molecular weight excluding hydrogens is 330 g/mol. The van der Waals surface area contributed by atoms with Gasteiger partial charge in [0.2, 0.25) is 0 Å². The molecule has 1 atom stereocenters. The molecule has 1 aliphatic heterocycles. The molecule has 0 saturated heterocycles. The number of amides is 2. The molecule has 0 spiro atoms. The maximum atomic E-state index is 12.6. The summed E-state index contributed by atoms with van der Waals surface area (Å²) in [5.41, 5.74) is 2.30. The van der Waals surface area contributed by atoms with Gasteiger partial charge in [0, 0.05) is 12.2 Å². The van der Waals surface area contributed by atoms with Crippen molar-refractivity contribution >= 4 is 12.0 Å². The van der Waals surface area contributed by atoms with Gasteiger partial charge in [-0.05, 0) is 43.9 Å². The van der Waals surface area contributed by atoms with Crippen LogP contribution in [0, 0.1) is 17.2 Å². The molecule has 1 aliphatic rings. The van der Waals surface area contributed by atoms with E-state index >= 15 is 0 Å². The van der Waals surface area contributed by atoms with Gasteiger partial charge in [0.1, 0.15) is 0 Å². The van der Waals surface area contributed by atoms with Gasteiger partial charge in [-0.25, -0.2) is 9.59 Å². The molecule has 1 N–H and O–H groups in total. The van der Waals surface area contributed by atoms with Crippen molar-refractivity contribution in [1.82, 2.24) is 10.2 Å². The third-order valence-corrected chi connectivity index (χ3v) is 4.39. The second kappa shape index (κ2) is 8.52. The van der Waals surface area contributed by atoms with Crippen LogP contribution in [-0.4, -0.2) is 30.1 Å². The van der Waals surface area contributed by atoms with Crippen molar-refractivity contribution in [2.75, 3.05) is 13.2 Å². The summed E-state index contributed by atoms with van der Waals surface area (Å²) in [4.78, 5) is 26.8. The molecule has 0 radical (unpaired) electrons. The molecule has 6 heteroatoms. The van der Waals surface area contributed by atoms with Crippen LogP contribution in [0.25, 0.3) is 0 Å². The Morgan fingerprint density at radius 2 is 2.00 bits per heavy atom. The Kier molecular flexibility index (Phi) is 6.40. The molecule has 6 nitrogen and oxygen atoms in total. The number of benzene rings is 1. The van der Waals surface area contributed by atoms with Gasteiger partial charge in [-0.15, -0.1) is 0 Å². The molecule has 0 saturated carbocycles. The first kappa shape index (κ1) is 19.5. The number of nitrogens with zero attached hydrogens (tertiary/aromatic N) is 2. The minimum absolute atomic E-state index is 0.231. The average molecular weight is 355 g/mol. The van der Waals surface area contributed by atoms with Crippen LogP contribution >= 0.6 is 0 Å². The standard InChI is InChI=1S/C20H25N3O3/c1-5-26-19(24)17-14(4)23(11-10-13(2)3)20(25)22-18(17)16-8-6-15(12-21)7-9-16/h6-9,13,18H,5,10-11H2,1-4H3,(H,22,25)/t18-/m1/s1. The molecule has 0 unspecified atom stereocenters. The Balaban J connectivity index is 2.44. The Hall–Kier alpha value is -2.81. The van der Waals surface area contributed by atoms with Crippen molar-refractivity contribution in [3.63, 3.8) is 0 Å². The number of carbonyl (C=O) groups is 2. The van der Waals surface area contributed by atoms with Crippen molar-refractivity contribution in [2.24, 2.45) is 5.92 Å². The third kappa shape index (κ3) is 4.23. The summed E-state index contributed by atoms with van der Waals surface area (Å²) in [5.74, 6) is 0.00630. The SMILES string of the molecule is CCOC(=O)C1=C(C)N(CCC(C)C)C(=O)N[C@@H]1c1ccc(C#N)cc1. The van der Waals surface area contributed by atoms with E-state index in [1.54, 1.807) is 43.0 Å². The zero-order valence-corrected chi connectivity index (χ0v) is 15.7. The van der Waals surface area contributed by atoms with Crippen LogP contribution in [0.2, 0.25) is 0 Å². The maximum Gasteiger partial charge on any atom is 0.338 e. The topological polar surface area (TPSA) is 82.4 Å². The smallest absolute Gasteiger partial charge is 0.338 e. The van der Waals surface area contributed by atoms with Crippen molar-refractivity contribution < 1.29 is 14.3 Å². The van der Waals surface area contributed by atoms with E-state index < -0.39 is 12.0 Å². The van der Waals surface area contributed by atoms with Crippen LogP contribution < -0.4 is 5.32 Å². The summed E-state index contributed by atoms with van der Waals surface area (Å²) < 4.78 is 5.23. The van der Waals surface area contributed by atoms with Gasteiger partial charge in [0.25, 0.3) is 0 Å². The number of esters is 1. The maximum absolute atomic E-state index is 12.6. The van der Waals surface area contributed by atoms with Crippen LogP contribution in [-0.2, 0) is 9.53 Å². The zero-order valence-electron chi connectivity index (χ0n) is 15.7. The number of nitrogens with one attached hydrogen (secondary N) is 1. The van der Waals surface area contributed by atoms with E-state index in [0.717, 1.165) is 12.0 Å². The van der Waals surface area contributed by atoms with Crippen LogP contribution in [0.4, 0.5) is 4.79 Å². The highest BCUT2D eigenvalue weighted by atomic mass is 16.5. The van der Waals surface area contributed by atoms with Gasteiger partial charge in [0.15, 0.2) is 0 Å². The minimum Gasteiger partial charge on any atom is -0.463 e. The van der Waals surface area contributed by atoms with Crippen LogP contribution in [0.3, 0.4) is 0 Å². The molecule has 1 aromatic rings. The van der Waals surface area contributed by atoms with Crippen molar-refractivity contribution in [2.45, 2.75) is 40.2 Å². The van der Waals surface area contributed by atoms with Gasteiger partial charge in [0.05, 0.1) is 29.9 Å². The summed E-state index contributed by atoms with van der Waals surface area (Å²) in [6.07, 6.45) is 0.836. The monoisotopic (exact) mass is 355 g/mol. The van der Waals surface area contributed by atoms with E-state index in [4.69, 9.17) is 10.00 Å². The number of hydrogen-bond donors (Lipinski definition) is 1. The fraction of sp³-hybridized carbons (Fsp3) is 0.450. The van der Waals surface area contributed by atoms with E-state index in [2.05, 4.69) is 25.2 Å². The second-order valence-electron chi connectivity index (χ2n) is 6.67. The predicted molar refractivity (Wildman–Crippen MR) is 97.9 cm³/mol.